The predicted octanol–water partition coefficient (Wildman–Crippen LogP) is 5.95. The number of halogens is 1. The second kappa shape index (κ2) is 9.41. The zero-order chi connectivity index (χ0) is 25.4. The number of aryl methyl sites for hydroxylation is 1. The van der Waals surface area contributed by atoms with Gasteiger partial charge in [-0.1, -0.05) is 43.2 Å². The first-order chi connectivity index (χ1) is 17.4. The molecule has 0 fully saturated rings. The molecule has 0 radical (unpaired) electrons. The topological polar surface area (TPSA) is 76.8 Å². The zero-order valence-corrected chi connectivity index (χ0v) is 19.9. The number of amides is 1. The smallest absolute Gasteiger partial charge is 0.338 e. The molecule has 1 aliphatic rings. The molecule has 1 aliphatic heterocycles. The lowest BCUT2D eigenvalue weighted by Crippen LogP contribution is -2.29. The number of nitrogens with zero attached hydrogens (tertiary/aromatic N) is 1. The maximum atomic E-state index is 14.0. The lowest BCUT2D eigenvalue weighted by Gasteiger charge is -2.25. The van der Waals surface area contributed by atoms with Crippen LogP contribution < -0.4 is 10.3 Å². The number of ether oxygens (including phenoxy) is 1. The van der Waals surface area contributed by atoms with Gasteiger partial charge in [0.15, 0.2) is 5.43 Å². The van der Waals surface area contributed by atoms with Gasteiger partial charge in [0.1, 0.15) is 11.4 Å². The molecule has 3 aromatic carbocycles. The van der Waals surface area contributed by atoms with E-state index in [1.807, 2.05) is 38.1 Å². The molecule has 182 valence electrons. The molecule has 5 rings (SSSR count). The van der Waals surface area contributed by atoms with Crippen molar-refractivity contribution in [2.24, 2.45) is 0 Å². The van der Waals surface area contributed by atoms with Crippen LogP contribution in [0.25, 0.3) is 11.0 Å². The molecule has 1 atom stereocenters. The fourth-order valence-electron chi connectivity index (χ4n) is 4.43. The van der Waals surface area contributed by atoms with Crippen molar-refractivity contribution in [1.82, 2.24) is 0 Å². The number of rotatable bonds is 6. The summed E-state index contributed by atoms with van der Waals surface area (Å²) in [5.74, 6) is -1.57. The van der Waals surface area contributed by atoms with Gasteiger partial charge < -0.3 is 9.15 Å². The van der Waals surface area contributed by atoms with Gasteiger partial charge in [-0.05, 0) is 61.4 Å². The molecule has 36 heavy (non-hydrogen) atoms. The van der Waals surface area contributed by atoms with Crippen molar-refractivity contribution in [3.05, 3.63) is 111 Å². The van der Waals surface area contributed by atoms with Gasteiger partial charge in [0.25, 0.3) is 5.91 Å². The van der Waals surface area contributed by atoms with E-state index in [1.54, 1.807) is 24.3 Å². The summed E-state index contributed by atoms with van der Waals surface area (Å²) in [7, 11) is 0. The van der Waals surface area contributed by atoms with E-state index >= 15 is 0 Å². The van der Waals surface area contributed by atoms with Gasteiger partial charge in [0.2, 0.25) is 5.76 Å². The normalized spacial score (nSPS) is 14.8. The third-order valence-electron chi connectivity index (χ3n) is 6.34. The second-order valence-corrected chi connectivity index (χ2v) is 8.84. The predicted molar refractivity (Wildman–Crippen MR) is 134 cm³/mol. The van der Waals surface area contributed by atoms with Gasteiger partial charge in [-0.25, -0.2) is 9.18 Å². The van der Waals surface area contributed by atoms with Crippen molar-refractivity contribution in [3.8, 4) is 0 Å². The highest BCUT2D eigenvalue weighted by Gasteiger charge is 2.43. The monoisotopic (exact) mass is 485 g/mol. The summed E-state index contributed by atoms with van der Waals surface area (Å²) in [4.78, 5) is 41.0. The molecule has 4 aromatic rings. The van der Waals surface area contributed by atoms with Crippen molar-refractivity contribution in [2.45, 2.75) is 32.7 Å². The van der Waals surface area contributed by atoms with Crippen LogP contribution in [0.5, 0.6) is 0 Å². The fraction of sp³-hybridized carbons (Fsp3) is 0.207. The van der Waals surface area contributed by atoms with Crippen LogP contribution in [0.4, 0.5) is 10.1 Å². The molecule has 1 amide bonds. The number of hydrogen-bond donors (Lipinski definition) is 0. The Morgan fingerprint density at radius 3 is 2.44 bits per heavy atom. The number of carbonyl (C=O) groups is 2. The molecule has 7 heteroatoms. The van der Waals surface area contributed by atoms with E-state index in [0.29, 0.717) is 23.4 Å². The number of benzene rings is 3. The molecule has 0 aliphatic carbocycles. The summed E-state index contributed by atoms with van der Waals surface area (Å²) >= 11 is 0. The molecule has 0 saturated carbocycles. The first-order valence-electron chi connectivity index (χ1n) is 11.8. The third-order valence-corrected chi connectivity index (χ3v) is 6.34. The Bertz CT molecular complexity index is 1520. The van der Waals surface area contributed by atoms with E-state index in [2.05, 4.69) is 0 Å². The molecule has 0 saturated heterocycles. The first kappa shape index (κ1) is 23.5. The number of carbonyl (C=O) groups excluding carboxylic acids is 2. The van der Waals surface area contributed by atoms with Crippen LogP contribution in [0.15, 0.2) is 75.9 Å². The summed E-state index contributed by atoms with van der Waals surface area (Å²) in [5, 5.41) is 0.0747. The van der Waals surface area contributed by atoms with Crippen LogP contribution in [-0.4, -0.2) is 18.5 Å². The zero-order valence-electron chi connectivity index (χ0n) is 19.9. The minimum absolute atomic E-state index is 0.0747. The summed E-state index contributed by atoms with van der Waals surface area (Å²) in [6.07, 6.45) is 1.69. The minimum atomic E-state index is -0.778. The van der Waals surface area contributed by atoms with Crippen LogP contribution in [-0.2, 0) is 4.74 Å². The highest BCUT2D eigenvalue weighted by Crippen LogP contribution is 2.41. The number of esters is 1. The van der Waals surface area contributed by atoms with Crippen molar-refractivity contribution < 1.29 is 23.1 Å². The Hall–Kier alpha value is -4.26. The van der Waals surface area contributed by atoms with E-state index in [0.717, 1.165) is 24.5 Å². The lowest BCUT2D eigenvalue weighted by atomic mass is 9.97. The van der Waals surface area contributed by atoms with Gasteiger partial charge in [-0.2, -0.15) is 0 Å². The van der Waals surface area contributed by atoms with Crippen LogP contribution in [0.1, 0.15) is 63.4 Å². The summed E-state index contributed by atoms with van der Waals surface area (Å²) in [5.41, 5.74) is 2.42. The molecule has 0 bridgehead atoms. The van der Waals surface area contributed by atoms with Gasteiger partial charge in [-0.15, -0.1) is 0 Å². The number of fused-ring (bicyclic) bond motifs is 2. The van der Waals surface area contributed by atoms with Gasteiger partial charge in [0, 0.05) is 5.69 Å². The van der Waals surface area contributed by atoms with Crippen molar-refractivity contribution in [3.63, 3.8) is 0 Å². The maximum Gasteiger partial charge on any atom is 0.338 e. The summed E-state index contributed by atoms with van der Waals surface area (Å²) in [6.45, 7) is 4.30. The average molecular weight is 486 g/mol. The molecule has 1 unspecified atom stereocenters. The Labute approximate surface area is 206 Å². The van der Waals surface area contributed by atoms with E-state index in [-0.39, 0.29) is 22.3 Å². The van der Waals surface area contributed by atoms with Crippen molar-refractivity contribution in [1.29, 1.82) is 0 Å². The Kier molecular flexibility index (Phi) is 6.14. The standard InChI is InChI=1S/C29H24FNO5/c1-3-4-15-35-29(34)19-9-12-21(13-10-19)31-25(18-7-5-17(2)6-8-18)24-26(32)22-16-20(30)11-14-23(22)36-27(24)28(31)33/h5-14,16,25H,3-4,15H2,1-2H3. The molecular formula is C29H24FNO5. The number of anilines is 1. The van der Waals surface area contributed by atoms with Crippen LogP contribution in [0, 0.1) is 12.7 Å². The minimum Gasteiger partial charge on any atom is -0.462 e. The highest BCUT2D eigenvalue weighted by molar-refractivity contribution is 6.10. The molecule has 1 aromatic heterocycles. The van der Waals surface area contributed by atoms with E-state index in [1.165, 1.54) is 17.0 Å². The SMILES string of the molecule is CCCCOC(=O)c1ccc(N2C(=O)c3oc4ccc(F)cc4c(=O)c3C2c2ccc(C)cc2)cc1. The molecular weight excluding hydrogens is 461 g/mol. The number of hydrogen-bond acceptors (Lipinski definition) is 5. The van der Waals surface area contributed by atoms with Crippen molar-refractivity contribution >= 4 is 28.5 Å². The van der Waals surface area contributed by atoms with E-state index in [4.69, 9.17) is 9.15 Å². The summed E-state index contributed by atoms with van der Waals surface area (Å²) in [6, 6.07) is 16.8. The van der Waals surface area contributed by atoms with Gasteiger partial charge in [0.05, 0.1) is 29.2 Å². The highest BCUT2D eigenvalue weighted by atomic mass is 19.1. The molecule has 6 nitrogen and oxygen atoms in total. The van der Waals surface area contributed by atoms with Crippen LogP contribution >= 0.6 is 0 Å². The molecule has 2 heterocycles. The second-order valence-electron chi connectivity index (χ2n) is 8.84. The fourth-order valence-corrected chi connectivity index (χ4v) is 4.43. The lowest BCUT2D eigenvalue weighted by molar-refractivity contribution is 0.0499. The van der Waals surface area contributed by atoms with Gasteiger partial charge >= 0.3 is 5.97 Å². The number of unbranched alkanes of at least 4 members (excludes halogenated alkanes) is 1. The Morgan fingerprint density at radius 2 is 1.75 bits per heavy atom. The van der Waals surface area contributed by atoms with Gasteiger partial charge in [-0.3, -0.25) is 14.5 Å². The van der Waals surface area contributed by atoms with Crippen LogP contribution in [0.3, 0.4) is 0 Å². The molecule has 0 N–H and O–H groups in total. The Balaban J connectivity index is 1.62. The van der Waals surface area contributed by atoms with Crippen molar-refractivity contribution in [2.75, 3.05) is 11.5 Å². The Morgan fingerprint density at radius 1 is 1.03 bits per heavy atom. The van der Waals surface area contributed by atoms with E-state index < -0.39 is 29.2 Å². The van der Waals surface area contributed by atoms with Crippen LogP contribution in [0.2, 0.25) is 0 Å². The molecule has 0 spiro atoms. The summed E-state index contributed by atoms with van der Waals surface area (Å²) < 4.78 is 25.1. The maximum absolute atomic E-state index is 14.0. The first-order valence-corrected chi connectivity index (χ1v) is 11.8. The largest absolute Gasteiger partial charge is 0.462 e. The average Bonchev–Trinajstić information content (AvgIpc) is 3.17. The third kappa shape index (κ3) is 4.06. The quantitative estimate of drug-likeness (QED) is 0.249. The van der Waals surface area contributed by atoms with E-state index in [9.17, 15) is 18.8 Å².